The van der Waals surface area contributed by atoms with Crippen molar-refractivity contribution in [3.63, 3.8) is 0 Å². The normalized spacial score (nSPS) is 16.2. The van der Waals surface area contributed by atoms with E-state index in [1.54, 1.807) is 0 Å². The molecule has 20 heavy (non-hydrogen) atoms. The Hall–Kier alpha value is -1.74. The SMILES string of the molecule is CCOc1cc2ccccc2cc1OC1CCNCC1. The van der Waals surface area contributed by atoms with Gasteiger partial charge in [-0.15, -0.1) is 0 Å². The van der Waals surface area contributed by atoms with Crippen LogP contribution < -0.4 is 14.8 Å². The van der Waals surface area contributed by atoms with E-state index in [2.05, 4.69) is 35.6 Å². The Balaban J connectivity index is 1.91. The molecule has 3 heteroatoms. The van der Waals surface area contributed by atoms with Gasteiger partial charge in [-0.2, -0.15) is 0 Å². The first-order chi connectivity index (χ1) is 9.86. The maximum absolute atomic E-state index is 6.18. The van der Waals surface area contributed by atoms with Gasteiger partial charge in [-0.25, -0.2) is 0 Å². The van der Waals surface area contributed by atoms with Crippen molar-refractivity contribution < 1.29 is 9.47 Å². The fourth-order valence-corrected chi connectivity index (χ4v) is 2.65. The minimum absolute atomic E-state index is 0.289. The van der Waals surface area contributed by atoms with E-state index in [1.807, 2.05) is 13.0 Å². The van der Waals surface area contributed by atoms with Crippen LogP contribution in [0, 0.1) is 0 Å². The van der Waals surface area contributed by atoms with Crippen molar-refractivity contribution in [2.45, 2.75) is 25.9 Å². The molecule has 0 radical (unpaired) electrons. The number of hydrogen-bond donors (Lipinski definition) is 1. The van der Waals surface area contributed by atoms with E-state index < -0.39 is 0 Å². The molecule has 0 amide bonds. The first-order valence-electron chi connectivity index (χ1n) is 7.40. The summed E-state index contributed by atoms with van der Waals surface area (Å²) < 4.78 is 11.9. The van der Waals surface area contributed by atoms with Crippen molar-refractivity contribution in [1.82, 2.24) is 5.32 Å². The number of piperidine rings is 1. The lowest BCUT2D eigenvalue weighted by Crippen LogP contribution is -2.34. The molecule has 0 bridgehead atoms. The quantitative estimate of drug-likeness (QED) is 0.925. The van der Waals surface area contributed by atoms with Crippen molar-refractivity contribution >= 4 is 10.8 Å². The van der Waals surface area contributed by atoms with Crippen LogP contribution in [0.1, 0.15) is 19.8 Å². The second-order valence-electron chi connectivity index (χ2n) is 5.15. The van der Waals surface area contributed by atoms with Crippen LogP contribution in [0.3, 0.4) is 0 Å². The lowest BCUT2D eigenvalue weighted by Gasteiger charge is -2.25. The van der Waals surface area contributed by atoms with Crippen LogP contribution in [-0.4, -0.2) is 25.8 Å². The monoisotopic (exact) mass is 271 g/mol. The molecule has 2 aromatic rings. The fraction of sp³-hybridized carbons (Fsp3) is 0.412. The minimum atomic E-state index is 0.289. The number of rotatable bonds is 4. The summed E-state index contributed by atoms with van der Waals surface area (Å²) in [6.07, 6.45) is 2.40. The number of hydrogen-bond acceptors (Lipinski definition) is 3. The molecule has 0 spiro atoms. The van der Waals surface area contributed by atoms with E-state index in [4.69, 9.17) is 9.47 Å². The molecule has 1 aliphatic rings. The van der Waals surface area contributed by atoms with Gasteiger partial charge < -0.3 is 14.8 Å². The Morgan fingerprint density at radius 2 is 1.70 bits per heavy atom. The van der Waals surface area contributed by atoms with Crippen molar-refractivity contribution in [2.24, 2.45) is 0 Å². The molecular weight excluding hydrogens is 250 g/mol. The Labute approximate surface area is 119 Å². The molecule has 3 rings (SSSR count). The Morgan fingerprint density at radius 3 is 2.35 bits per heavy atom. The van der Waals surface area contributed by atoms with E-state index in [9.17, 15) is 0 Å². The lowest BCUT2D eigenvalue weighted by molar-refractivity contribution is 0.155. The molecule has 1 saturated heterocycles. The highest BCUT2D eigenvalue weighted by Crippen LogP contribution is 2.34. The van der Waals surface area contributed by atoms with E-state index in [0.717, 1.165) is 37.4 Å². The van der Waals surface area contributed by atoms with E-state index in [-0.39, 0.29) is 6.10 Å². The molecule has 106 valence electrons. The molecule has 0 saturated carbocycles. The Morgan fingerprint density at radius 1 is 1.05 bits per heavy atom. The summed E-state index contributed by atoms with van der Waals surface area (Å²) in [4.78, 5) is 0. The molecule has 1 aliphatic heterocycles. The van der Waals surface area contributed by atoms with Gasteiger partial charge in [-0.3, -0.25) is 0 Å². The van der Waals surface area contributed by atoms with Gasteiger partial charge in [0, 0.05) is 0 Å². The average molecular weight is 271 g/mol. The second-order valence-corrected chi connectivity index (χ2v) is 5.15. The van der Waals surface area contributed by atoms with Crippen LogP contribution >= 0.6 is 0 Å². The van der Waals surface area contributed by atoms with Gasteiger partial charge in [-0.1, -0.05) is 24.3 Å². The zero-order valence-corrected chi connectivity index (χ0v) is 11.9. The maximum Gasteiger partial charge on any atom is 0.162 e. The molecular formula is C17H21NO2. The standard InChI is InChI=1S/C17H21NO2/c1-2-19-16-11-13-5-3-4-6-14(13)12-17(16)20-15-7-9-18-10-8-15/h3-6,11-12,15,18H,2,7-10H2,1H3. The molecule has 3 nitrogen and oxygen atoms in total. The summed E-state index contributed by atoms with van der Waals surface area (Å²) in [5, 5.41) is 5.74. The summed E-state index contributed by atoms with van der Waals surface area (Å²) in [6.45, 7) is 4.72. The van der Waals surface area contributed by atoms with Gasteiger partial charge >= 0.3 is 0 Å². The molecule has 1 heterocycles. The lowest BCUT2D eigenvalue weighted by atomic mass is 10.1. The van der Waals surface area contributed by atoms with Crippen LogP contribution in [0.5, 0.6) is 11.5 Å². The van der Waals surface area contributed by atoms with Crippen LogP contribution in [0.4, 0.5) is 0 Å². The summed E-state index contributed by atoms with van der Waals surface area (Å²) in [6, 6.07) is 12.5. The predicted molar refractivity (Wildman–Crippen MR) is 81.6 cm³/mol. The third-order valence-corrected chi connectivity index (χ3v) is 3.69. The number of benzene rings is 2. The molecule has 0 unspecified atom stereocenters. The molecule has 1 N–H and O–H groups in total. The van der Waals surface area contributed by atoms with Crippen LogP contribution in [0.25, 0.3) is 10.8 Å². The second kappa shape index (κ2) is 6.14. The van der Waals surface area contributed by atoms with Crippen molar-refractivity contribution in [1.29, 1.82) is 0 Å². The summed E-state index contributed by atoms with van der Waals surface area (Å²) in [7, 11) is 0. The minimum Gasteiger partial charge on any atom is -0.490 e. The van der Waals surface area contributed by atoms with Gasteiger partial charge in [0.15, 0.2) is 11.5 Å². The van der Waals surface area contributed by atoms with E-state index in [1.165, 1.54) is 10.8 Å². The van der Waals surface area contributed by atoms with Crippen LogP contribution in [0.15, 0.2) is 36.4 Å². The Kier molecular flexibility index (Phi) is 4.07. The number of ether oxygens (including phenoxy) is 2. The van der Waals surface area contributed by atoms with Crippen molar-refractivity contribution in [2.75, 3.05) is 19.7 Å². The molecule has 0 aromatic heterocycles. The highest BCUT2D eigenvalue weighted by atomic mass is 16.5. The average Bonchev–Trinajstić information content (AvgIpc) is 2.49. The van der Waals surface area contributed by atoms with Crippen molar-refractivity contribution in [3.8, 4) is 11.5 Å². The van der Waals surface area contributed by atoms with Crippen LogP contribution in [0.2, 0.25) is 0 Å². The summed E-state index contributed by atoms with van der Waals surface area (Å²) in [5.74, 6) is 1.72. The van der Waals surface area contributed by atoms with Gasteiger partial charge in [0.25, 0.3) is 0 Å². The molecule has 1 fully saturated rings. The van der Waals surface area contributed by atoms with Crippen LogP contribution in [-0.2, 0) is 0 Å². The summed E-state index contributed by atoms with van der Waals surface area (Å²) in [5.41, 5.74) is 0. The molecule has 0 aliphatic carbocycles. The van der Waals surface area contributed by atoms with E-state index >= 15 is 0 Å². The maximum atomic E-state index is 6.18. The van der Waals surface area contributed by atoms with Gasteiger partial charge in [0.2, 0.25) is 0 Å². The number of fused-ring (bicyclic) bond motifs is 1. The Bertz CT molecular complexity index is 576. The zero-order chi connectivity index (χ0) is 13.8. The van der Waals surface area contributed by atoms with Gasteiger partial charge in [0.1, 0.15) is 6.10 Å². The fourth-order valence-electron chi connectivity index (χ4n) is 2.65. The first-order valence-corrected chi connectivity index (χ1v) is 7.40. The highest BCUT2D eigenvalue weighted by molar-refractivity contribution is 5.86. The van der Waals surface area contributed by atoms with Crippen molar-refractivity contribution in [3.05, 3.63) is 36.4 Å². The van der Waals surface area contributed by atoms with Gasteiger partial charge in [0.05, 0.1) is 6.61 Å². The number of nitrogens with one attached hydrogen (secondary N) is 1. The summed E-state index contributed by atoms with van der Waals surface area (Å²) >= 11 is 0. The highest BCUT2D eigenvalue weighted by Gasteiger charge is 2.17. The van der Waals surface area contributed by atoms with E-state index in [0.29, 0.717) is 6.61 Å². The topological polar surface area (TPSA) is 30.5 Å². The third-order valence-electron chi connectivity index (χ3n) is 3.69. The zero-order valence-electron chi connectivity index (χ0n) is 11.9. The first kappa shape index (κ1) is 13.3. The van der Waals surface area contributed by atoms with Gasteiger partial charge in [-0.05, 0) is 55.8 Å². The smallest absolute Gasteiger partial charge is 0.162 e. The molecule has 0 atom stereocenters. The predicted octanol–water partition coefficient (Wildman–Crippen LogP) is 3.37. The largest absolute Gasteiger partial charge is 0.490 e. The molecule has 2 aromatic carbocycles. The third kappa shape index (κ3) is 2.88.